The van der Waals surface area contributed by atoms with E-state index in [0.717, 1.165) is 18.7 Å². The second kappa shape index (κ2) is 18.9. The van der Waals surface area contributed by atoms with Gasteiger partial charge in [0.1, 0.15) is 11.5 Å². The lowest BCUT2D eigenvalue weighted by Gasteiger charge is -2.13. The molecule has 268 valence electrons. The quantitative estimate of drug-likeness (QED) is 0.0619. The molecular weight excluding hydrogens is 745 g/mol. The Hall–Kier alpha value is -3.42. The minimum absolute atomic E-state index is 0.118. The van der Waals surface area contributed by atoms with Crippen LogP contribution in [0.15, 0.2) is 72.8 Å². The number of hydrogen-bond acceptors (Lipinski definition) is 10. The number of ether oxygens (including phenoxy) is 3. The van der Waals surface area contributed by atoms with E-state index in [0.29, 0.717) is 10.8 Å². The summed E-state index contributed by atoms with van der Waals surface area (Å²) in [6.45, 7) is 2.63. The zero-order chi connectivity index (χ0) is 36.8. The van der Waals surface area contributed by atoms with Crippen molar-refractivity contribution in [2.75, 3.05) is 33.0 Å². The monoisotopic (exact) mass is 772 g/mol. The van der Waals surface area contributed by atoms with Gasteiger partial charge in [0, 0.05) is 43.7 Å². The molecule has 0 radical (unpaired) electrons. The molecule has 0 unspecified atom stereocenters. The summed E-state index contributed by atoms with van der Waals surface area (Å²) in [4.78, 5) is 0. The molecule has 0 bridgehead atoms. The molecular formula is C28H28Cl2F6O10S2. The highest BCUT2D eigenvalue weighted by Gasteiger charge is 2.49. The lowest BCUT2D eigenvalue weighted by Crippen LogP contribution is -2.28. The molecule has 0 amide bonds. The largest absolute Gasteiger partial charge is 0.534 e. The van der Waals surface area contributed by atoms with Crippen molar-refractivity contribution in [1.29, 1.82) is 0 Å². The van der Waals surface area contributed by atoms with Crippen LogP contribution in [0.1, 0.15) is 6.92 Å². The van der Waals surface area contributed by atoms with Crippen LogP contribution in [-0.2, 0) is 29.7 Å². The lowest BCUT2D eigenvalue weighted by molar-refractivity contribution is -0.0504. The number of alkyl halides is 8. The van der Waals surface area contributed by atoms with E-state index in [4.69, 9.17) is 32.7 Å². The maximum absolute atomic E-state index is 12.5. The smallest absolute Gasteiger partial charge is 0.508 e. The van der Waals surface area contributed by atoms with Crippen LogP contribution in [0, 0.1) is 0 Å². The van der Waals surface area contributed by atoms with Crippen molar-refractivity contribution >= 4 is 65.0 Å². The van der Waals surface area contributed by atoms with E-state index in [1.54, 1.807) is 31.4 Å². The Balaban J connectivity index is 0.000000405. The minimum Gasteiger partial charge on any atom is -0.508 e. The Morgan fingerprint density at radius 2 is 1.08 bits per heavy atom. The molecule has 10 nitrogen and oxygen atoms in total. The van der Waals surface area contributed by atoms with Crippen LogP contribution in [0.2, 0.25) is 0 Å². The summed E-state index contributed by atoms with van der Waals surface area (Å²) in [5.41, 5.74) is -11.0. The third-order valence-corrected chi connectivity index (χ3v) is 7.14. The minimum atomic E-state index is -5.77. The van der Waals surface area contributed by atoms with Crippen molar-refractivity contribution in [3.63, 3.8) is 0 Å². The Labute approximate surface area is 281 Å². The average molecular weight is 774 g/mol. The van der Waals surface area contributed by atoms with Crippen molar-refractivity contribution in [1.82, 2.24) is 0 Å². The summed E-state index contributed by atoms with van der Waals surface area (Å²) in [6.07, 6.45) is 0. The fourth-order valence-electron chi connectivity index (χ4n) is 3.19. The van der Waals surface area contributed by atoms with Crippen LogP contribution in [-0.4, -0.2) is 65.9 Å². The van der Waals surface area contributed by atoms with Gasteiger partial charge in [-0.1, -0.05) is 48.5 Å². The number of aromatic hydroxyl groups is 1. The van der Waals surface area contributed by atoms with Gasteiger partial charge < -0.3 is 27.7 Å². The van der Waals surface area contributed by atoms with E-state index in [1.165, 1.54) is 43.5 Å². The Bertz CT molecular complexity index is 1820. The molecule has 0 aromatic heterocycles. The second-order valence-electron chi connectivity index (χ2n) is 8.50. The fourth-order valence-corrected chi connectivity index (χ4v) is 4.13. The maximum atomic E-state index is 12.5. The van der Waals surface area contributed by atoms with Gasteiger partial charge in [0.05, 0.1) is 5.34 Å². The normalized spacial score (nSPS) is 11.6. The van der Waals surface area contributed by atoms with E-state index >= 15 is 0 Å². The molecule has 0 aliphatic rings. The Morgan fingerprint density at radius 1 is 0.688 bits per heavy atom. The molecule has 0 fully saturated rings. The molecule has 4 rings (SSSR count). The molecule has 1 N–H and O–H groups in total. The van der Waals surface area contributed by atoms with Gasteiger partial charge in [-0.15, -0.1) is 23.2 Å². The zero-order valence-corrected chi connectivity index (χ0v) is 28.2. The second-order valence-corrected chi connectivity index (χ2v) is 12.4. The summed E-state index contributed by atoms with van der Waals surface area (Å²) >= 11 is 9.53. The highest BCUT2D eigenvalue weighted by molar-refractivity contribution is 7.88. The standard InChI is InChI=1S/C13H11F3O5S.C11H7F3O4S.C3H8O.CH2Cl2/c1-19-8-20-10-6-9-4-2-3-5-11(9)12(7-10)21-22(17,18)13(14,15)16;12-11(13,14)19(16,17)18-10-6-8(15)5-7-3-1-2-4-9(7)10;1-3-4-2;2-1-3/h2-7H,8H2,1H3;1-6,15H;3H2,1-2H3;1H2. The van der Waals surface area contributed by atoms with Crippen molar-refractivity contribution in [3.8, 4) is 23.0 Å². The molecule has 0 spiro atoms. The Morgan fingerprint density at radius 3 is 1.48 bits per heavy atom. The van der Waals surface area contributed by atoms with E-state index in [-0.39, 0.29) is 28.7 Å². The van der Waals surface area contributed by atoms with Crippen molar-refractivity contribution in [2.24, 2.45) is 0 Å². The van der Waals surface area contributed by atoms with Crippen molar-refractivity contribution in [3.05, 3.63) is 72.8 Å². The van der Waals surface area contributed by atoms with E-state index in [2.05, 4.69) is 13.1 Å². The van der Waals surface area contributed by atoms with Crippen LogP contribution >= 0.6 is 23.2 Å². The van der Waals surface area contributed by atoms with Crippen LogP contribution in [0.4, 0.5) is 26.3 Å². The predicted molar refractivity (Wildman–Crippen MR) is 167 cm³/mol. The molecule has 0 saturated heterocycles. The number of methoxy groups -OCH3 is 2. The fraction of sp³-hybridized carbons (Fsp3) is 0.286. The first-order valence-electron chi connectivity index (χ1n) is 12.8. The molecule has 48 heavy (non-hydrogen) atoms. The SMILES string of the molecule is CCOC.COCOc1cc(OS(=O)(=O)C(F)(F)F)c2ccccc2c1.ClCCl.O=S(=O)(Oc1cc(O)cc2ccccc12)C(F)(F)F. The number of phenols is 1. The highest BCUT2D eigenvalue weighted by Crippen LogP contribution is 2.36. The predicted octanol–water partition coefficient (Wildman–Crippen LogP) is 7.90. The number of hydrogen-bond donors (Lipinski definition) is 1. The van der Waals surface area contributed by atoms with E-state index < -0.39 is 48.5 Å². The summed E-state index contributed by atoms with van der Waals surface area (Å²) in [5.74, 6) is -1.33. The molecule has 0 aliphatic carbocycles. The Kier molecular flexibility index (Phi) is 16.8. The number of fused-ring (bicyclic) bond motifs is 2. The van der Waals surface area contributed by atoms with Gasteiger partial charge in [-0.2, -0.15) is 43.2 Å². The van der Waals surface area contributed by atoms with Gasteiger partial charge in [0.2, 0.25) is 0 Å². The summed E-state index contributed by atoms with van der Waals surface area (Å²) in [5, 5.41) is 10.7. The summed E-state index contributed by atoms with van der Waals surface area (Å²) < 4.78 is 141. The van der Waals surface area contributed by atoms with E-state index in [1.807, 2.05) is 6.92 Å². The van der Waals surface area contributed by atoms with Crippen LogP contribution < -0.4 is 13.1 Å². The molecule has 4 aromatic rings. The topological polar surface area (TPSA) is 135 Å². The summed E-state index contributed by atoms with van der Waals surface area (Å²) in [7, 11) is -8.49. The van der Waals surface area contributed by atoms with Gasteiger partial charge in [-0.3, -0.25) is 0 Å². The summed E-state index contributed by atoms with van der Waals surface area (Å²) in [6, 6.07) is 16.9. The maximum Gasteiger partial charge on any atom is 0.534 e. The van der Waals surface area contributed by atoms with Gasteiger partial charge in [-0.25, -0.2) is 0 Å². The van der Waals surface area contributed by atoms with Crippen molar-refractivity contribution in [2.45, 2.75) is 17.9 Å². The molecule has 0 heterocycles. The van der Waals surface area contributed by atoms with E-state index in [9.17, 15) is 48.3 Å². The average Bonchev–Trinajstić information content (AvgIpc) is 2.99. The third-order valence-electron chi connectivity index (χ3n) is 5.20. The first-order chi connectivity index (χ1) is 22.3. The first kappa shape index (κ1) is 42.6. The number of phenolic OH excluding ortho intramolecular Hbond substituents is 1. The van der Waals surface area contributed by atoms with Gasteiger partial charge >= 0.3 is 31.3 Å². The molecule has 4 aromatic carbocycles. The molecule has 0 atom stereocenters. The number of benzene rings is 4. The zero-order valence-electron chi connectivity index (χ0n) is 25.0. The van der Waals surface area contributed by atoms with Gasteiger partial charge in [0.15, 0.2) is 18.3 Å². The van der Waals surface area contributed by atoms with Crippen molar-refractivity contribution < 1.29 is 70.9 Å². The van der Waals surface area contributed by atoms with Gasteiger partial charge in [0.25, 0.3) is 0 Å². The van der Waals surface area contributed by atoms with Gasteiger partial charge in [-0.05, 0) is 29.8 Å². The lowest BCUT2D eigenvalue weighted by atomic mass is 10.1. The van der Waals surface area contributed by atoms with Crippen LogP contribution in [0.5, 0.6) is 23.0 Å². The first-order valence-corrected chi connectivity index (χ1v) is 16.7. The highest BCUT2D eigenvalue weighted by atomic mass is 35.5. The number of rotatable bonds is 8. The number of halogens is 8. The molecule has 20 heteroatoms. The van der Waals surface area contributed by atoms with Crippen LogP contribution in [0.25, 0.3) is 21.5 Å². The third kappa shape index (κ3) is 12.9. The van der Waals surface area contributed by atoms with Crippen LogP contribution in [0.3, 0.4) is 0 Å². The molecule has 0 saturated carbocycles. The molecule has 0 aliphatic heterocycles.